The first kappa shape index (κ1) is 21.4. The standard InChI is InChI=1S/C21H18BrF3O4/c1-13-19(26)17-12-16(28-11-10-27-9-8-22)6-7-18(17)29-20(13)14-2-4-15(5-3-14)21(23,24)25/h2-7,12H,8-11H2,1H3. The first-order valence-corrected chi connectivity index (χ1v) is 9.95. The minimum Gasteiger partial charge on any atom is -0.491 e. The van der Waals surface area contributed by atoms with E-state index in [2.05, 4.69) is 15.9 Å². The zero-order chi connectivity index (χ0) is 21.0. The molecule has 0 aliphatic rings. The van der Waals surface area contributed by atoms with Gasteiger partial charge in [-0.05, 0) is 37.3 Å². The second-order valence-electron chi connectivity index (χ2n) is 6.27. The van der Waals surface area contributed by atoms with Gasteiger partial charge in [0.2, 0.25) is 0 Å². The van der Waals surface area contributed by atoms with E-state index in [1.807, 2.05) is 0 Å². The smallest absolute Gasteiger partial charge is 0.416 e. The van der Waals surface area contributed by atoms with Crippen molar-refractivity contribution >= 4 is 26.9 Å². The Balaban J connectivity index is 1.89. The second kappa shape index (κ2) is 9.00. The summed E-state index contributed by atoms with van der Waals surface area (Å²) < 4.78 is 55.0. The lowest BCUT2D eigenvalue weighted by molar-refractivity contribution is -0.137. The first-order valence-electron chi connectivity index (χ1n) is 8.83. The minimum absolute atomic E-state index is 0.244. The number of hydrogen-bond acceptors (Lipinski definition) is 4. The Hall–Kier alpha value is -2.32. The van der Waals surface area contributed by atoms with Crippen molar-refractivity contribution in [2.24, 2.45) is 0 Å². The van der Waals surface area contributed by atoms with E-state index >= 15 is 0 Å². The number of hydrogen-bond donors (Lipinski definition) is 0. The molecule has 8 heteroatoms. The van der Waals surface area contributed by atoms with Gasteiger partial charge in [-0.25, -0.2) is 0 Å². The van der Waals surface area contributed by atoms with Crippen LogP contribution in [0.3, 0.4) is 0 Å². The van der Waals surface area contributed by atoms with E-state index in [0.29, 0.717) is 47.7 Å². The largest absolute Gasteiger partial charge is 0.491 e. The van der Waals surface area contributed by atoms with Crippen LogP contribution in [0.4, 0.5) is 13.2 Å². The molecule has 29 heavy (non-hydrogen) atoms. The van der Waals surface area contributed by atoms with Crippen molar-refractivity contribution in [3.8, 4) is 17.1 Å². The van der Waals surface area contributed by atoms with Crippen LogP contribution in [-0.2, 0) is 10.9 Å². The van der Waals surface area contributed by atoms with Crippen molar-refractivity contribution in [1.29, 1.82) is 0 Å². The van der Waals surface area contributed by atoms with Crippen molar-refractivity contribution in [3.05, 3.63) is 63.8 Å². The van der Waals surface area contributed by atoms with Gasteiger partial charge in [0, 0.05) is 16.5 Å². The lowest BCUT2D eigenvalue weighted by Crippen LogP contribution is -2.10. The summed E-state index contributed by atoms with van der Waals surface area (Å²) in [5, 5.41) is 1.09. The highest BCUT2D eigenvalue weighted by Crippen LogP contribution is 2.32. The van der Waals surface area contributed by atoms with Crippen LogP contribution in [0.25, 0.3) is 22.3 Å². The molecule has 0 saturated carbocycles. The highest BCUT2D eigenvalue weighted by molar-refractivity contribution is 9.09. The van der Waals surface area contributed by atoms with Gasteiger partial charge in [0.05, 0.1) is 24.2 Å². The van der Waals surface area contributed by atoms with Gasteiger partial charge < -0.3 is 13.9 Å². The number of fused-ring (bicyclic) bond motifs is 1. The topological polar surface area (TPSA) is 48.7 Å². The molecular formula is C21H18BrF3O4. The van der Waals surface area contributed by atoms with E-state index in [9.17, 15) is 18.0 Å². The average molecular weight is 471 g/mol. The Labute approximate surface area is 173 Å². The summed E-state index contributed by atoms with van der Waals surface area (Å²) in [5.74, 6) is 0.752. The zero-order valence-corrected chi connectivity index (χ0v) is 17.1. The van der Waals surface area contributed by atoms with Gasteiger partial charge in [0.25, 0.3) is 0 Å². The molecule has 0 radical (unpaired) electrons. The van der Waals surface area contributed by atoms with Gasteiger partial charge in [-0.15, -0.1) is 0 Å². The van der Waals surface area contributed by atoms with Crippen LogP contribution in [0.15, 0.2) is 51.7 Å². The van der Waals surface area contributed by atoms with Gasteiger partial charge in [0.15, 0.2) is 5.43 Å². The number of halogens is 4. The Morgan fingerprint density at radius 3 is 2.41 bits per heavy atom. The molecule has 0 aliphatic carbocycles. The molecule has 0 bridgehead atoms. The highest BCUT2D eigenvalue weighted by atomic mass is 79.9. The number of ether oxygens (including phenoxy) is 2. The van der Waals surface area contributed by atoms with Crippen LogP contribution in [0.1, 0.15) is 11.1 Å². The van der Waals surface area contributed by atoms with E-state index in [0.717, 1.165) is 17.5 Å². The predicted octanol–water partition coefficient (Wildman–Crippen LogP) is 5.58. The number of benzene rings is 2. The Bertz CT molecular complexity index is 1040. The van der Waals surface area contributed by atoms with Crippen LogP contribution in [0.2, 0.25) is 0 Å². The highest BCUT2D eigenvalue weighted by Gasteiger charge is 2.30. The molecule has 2 aromatic carbocycles. The van der Waals surface area contributed by atoms with Gasteiger partial charge >= 0.3 is 6.18 Å². The third kappa shape index (κ3) is 5.00. The Morgan fingerprint density at radius 2 is 1.76 bits per heavy atom. The summed E-state index contributed by atoms with van der Waals surface area (Å²) in [5.41, 5.74) is 0.0262. The summed E-state index contributed by atoms with van der Waals surface area (Å²) in [7, 11) is 0. The third-order valence-corrected chi connectivity index (χ3v) is 4.60. The Morgan fingerprint density at radius 1 is 1.03 bits per heavy atom. The van der Waals surface area contributed by atoms with Crippen LogP contribution in [0.5, 0.6) is 5.75 Å². The third-order valence-electron chi connectivity index (χ3n) is 4.28. The van der Waals surface area contributed by atoms with Crippen LogP contribution < -0.4 is 10.2 Å². The molecule has 0 saturated heterocycles. The van der Waals surface area contributed by atoms with Crippen molar-refractivity contribution in [2.45, 2.75) is 13.1 Å². The molecule has 3 rings (SSSR count). The molecular weight excluding hydrogens is 453 g/mol. The van der Waals surface area contributed by atoms with Crippen molar-refractivity contribution in [3.63, 3.8) is 0 Å². The van der Waals surface area contributed by atoms with Crippen LogP contribution in [-0.4, -0.2) is 25.2 Å². The summed E-state index contributed by atoms with van der Waals surface area (Å²) in [6.07, 6.45) is -4.42. The average Bonchev–Trinajstić information content (AvgIpc) is 2.70. The van der Waals surface area contributed by atoms with Crippen molar-refractivity contribution in [2.75, 3.05) is 25.2 Å². The maximum atomic E-state index is 12.8. The molecule has 0 spiro atoms. The van der Waals surface area contributed by atoms with E-state index < -0.39 is 11.7 Å². The van der Waals surface area contributed by atoms with E-state index in [1.165, 1.54) is 12.1 Å². The van der Waals surface area contributed by atoms with Gasteiger partial charge in [-0.1, -0.05) is 28.1 Å². The fraction of sp³-hybridized carbons (Fsp3) is 0.286. The molecule has 0 amide bonds. The molecule has 1 heterocycles. The van der Waals surface area contributed by atoms with Crippen LogP contribution >= 0.6 is 15.9 Å². The molecule has 1 aromatic heterocycles. The maximum Gasteiger partial charge on any atom is 0.416 e. The fourth-order valence-corrected chi connectivity index (χ4v) is 3.05. The summed E-state index contributed by atoms with van der Waals surface area (Å²) in [4.78, 5) is 12.8. The summed E-state index contributed by atoms with van der Waals surface area (Å²) in [6, 6.07) is 9.39. The van der Waals surface area contributed by atoms with Gasteiger partial charge in [0.1, 0.15) is 23.7 Å². The monoisotopic (exact) mass is 470 g/mol. The molecule has 4 nitrogen and oxygen atoms in total. The lowest BCUT2D eigenvalue weighted by atomic mass is 10.0. The SMILES string of the molecule is Cc1c(-c2ccc(C(F)(F)F)cc2)oc2ccc(OCCOCCBr)cc2c1=O. The predicted molar refractivity (Wildman–Crippen MR) is 108 cm³/mol. The van der Waals surface area contributed by atoms with Crippen molar-refractivity contribution < 1.29 is 27.1 Å². The van der Waals surface area contributed by atoms with Gasteiger partial charge in [-0.3, -0.25) is 4.79 Å². The second-order valence-corrected chi connectivity index (χ2v) is 7.06. The molecule has 0 N–H and O–H groups in total. The zero-order valence-electron chi connectivity index (χ0n) is 15.5. The van der Waals surface area contributed by atoms with E-state index in [1.54, 1.807) is 25.1 Å². The summed E-state index contributed by atoms with van der Waals surface area (Å²) >= 11 is 3.26. The maximum absolute atomic E-state index is 12.8. The molecule has 0 atom stereocenters. The van der Waals surface area contributed by atoms with E-state index in [-0.39, 0.29) is 11.2 Å². The van der Waals surface area contributed by atoms with Gasteiger partial charge in [-0.2, -0.15) is 13.2 Å². The minimum atomic E-state index is -4.42. The quantitative estimate of drug-likeness (QED) is 0.334. The lowest BCUT2D eigenvalue weighted by Gasteiger charge is -2.11. The normalized spacial score (nSPS) is 11.8. The first-order chi connectivity index (χ1) is 13.8. The molecule has 3 aromatic rings. The summed E-state index contributed by atoms with van der Waals surface area (Å²) in [6.45, 7) is 2.92. The molecule has 154 valence electrons. The Kier molecular flexibility index (Phi) is 6.64. The molecule has 0 aliphatic heterocycles. The number of alkyl halides is 4. The van der Waals surface area contributed by atoms with Crippen molar-refractivity contribution in [1.82, 2.24) is 0 Å². The molecule has 0 unspecified atom stereocenters. The fourth-order valence-electron chi connectivity index (χ4n) is 2.82. The number of rotatable bonds is 7. The molecule has 0 fully saturated rings. The van der Waals surface area contributed by atoms with Crippen LogP contribution in [0, 0.1) is 6.92 Å². The van der Waals surface area contributed by atoms with E-state index in [4.69, 9.17) is 13.9 Å².